The highest BCUT2D eigenvalue weighted by atomic mass is 79.9. The third-order valence-corrected chi connectivity index (χ3v) is 5.65. The van der Waals surface area contributed by atoms with Crippen LogP contribution in [-0.4, -0.2) is 14.7 Å². The first-order chi connectivity index (χ1) is 9.04. The number of rotatable bonds is 4. The first-order valence-corrected chi connectivity index (χ1v) is 8.95. The summed E-state index contributed by atoms with van der Waals surface area (Å²) in [5.41, 5.74) is 0.589. The van der Waals surface area contributed by atoms with Crippen LogP contribution in [0.2, 0.25) is 0 Å². The molecule has 2 rings (SSSR count). The normalized spacial score (nSPS) is 11.3. The van der Waals surface area contributed by atoms with Crippen LogP contribution < -0.4 is 4.72 Å². The van der Waals surface area contributed by atoms with Crippen molar-refractivity contribution in [3.05, 3.63) is 53.0 Å². The van der Waals surface area contributed by atoms with Crippen molar-refractivity contribution in [1.29, 1.82) is 0 Å². The van der Waals surface area contributed by atoms with Gasteiger partial charge in [0.25, 0.3) is 10.0 Å². The number of hydrogen-bond donors (Lipinski definition) is 1. The zero-order valence-electron chi connectivity index (χ0n) is 10.1. The molecule has 2 aromatic carbocycles. The molecule has 0 heterocycles. The van der Waals surface area contributed by atoms with Crippen LogP contribution in [0.3, 0.4) is 0 Å². The Morgan fingerprint density at radius 2 is 1.68 bits per heavy atom. The van der Waals surface area contributed by atoms with Crippen molar-refractivity contribution in [1.82, 2.24) is 0 Å². The molecular formula is C13H12BrNO2S2. The zero-order valence-corrected chi connectivity index (χ0v) is 13.3. The fraction of sp³-hybridized carbons (Fsp3) is 0.0769. The summed E-state index contributed by atoms with van der Waals surface area (Å²) in [5.74, 6) is 0. The highest BCUT2D eigenvalue weighted by molar-refractivity contribution is 9.10. The van der Waals surface area contributed by atoms with E-state index in [2.05, 4.69) is 20.7 Å². The molecule has 0 bridgehead atoms. The van der Waals surface area contributed by atoms with Gasteiger partial charge < -0.3 is 0 Å². The largest absolute Gasteiger partial charge is 0.278 e. The molecule has 0 fully saturated rings. The quantitative estimate of drug-likeness (QED) is 0.842. The molecule has 0 atom stereocenters. The van der Waals surface area contributed by atoms with Gasteiger partial charge in [-0.05, 0) is 46.5 Å². The van der Waals surface area contributed by atoms with E-state index in [1.54, 1.807) is 36.4 Å². The smallest absolute Gasteiger partial charge is 0.263 e. The third-order valence-electron chi connectivity index (χ3n) is 2.48. The molecule has 0 aliphatic heterocycles. The Morgan fingerprint density at radius 1 is 1.05 bits per heavy atom. The molecule has 0 amide bonds. The number of hydrogen-bond acceptors (Lipinski definition) is 3. The van der Waals surface area contributed by atoms with Gasteiger partial charge in [-0.3, -0.25) is 4.72 Å². The van der Waals surface area contributed by atoms with Crippen molar-refractivity contribution in [3.8, 4) is 0 Å². The molecule has 19 heavy (non-hydrogen) atoms. The average molecular weight is 358 g/mol. The standard InChI is InChI=1S/C13H12BrNO2S2/c1-18-12-8-4-3-7-11(12)15-19(16,17)13-9-5-2-6-10(13)14/h2-9,15H,1H3. The van der Waals surface area contributed by atoms with E-state index in [-0.39, 0.29) is 4.90 Å². The molecule has 0 aliphatic carbocycles. The maximum atomic E-state index is 12.3. The Morgan fingerprint density at radius 3 is 2.37 bits per heavy atom. The monoisotopic (exact) mass is 357 g/mol. The van der Waals surface area contributed by atoms with Crippen molar-refractivity contribution < 1.29 is 8.42 Å². The maximum Gasteiger partial charge on any atom is 0.263 e. The first kappa shape index (κ1) is 14.4. The van der Waals surface area contributed by atoms with E-state index in [0.717, 1.165) is 4.90 Å². The average Bonchev–Trinajstić information content (AvgIpc) is 2.39. The molecule has 0 saturated heterocycles. The van der Waals surface area contributed by atoms with Gasteiger partial charge in [0.15, 0.2) is 0 Å². The van der Waals surface area contributed by atoms with E-state index >= 15 is 0 Å². The van der Waals surface area contributed by atoms with E-state index in [1.165, 1.54) is 11.8 Å². The lowest BCUT2D eigenvalue weighted by atomic mass is 10.3. The van der Waals surface area contributed by atoms with Crippen LogP contribution in [-0.2, 0) is 10.0 Å². The minimum atomic E-state index is -3.59. The lowest BCUT2D eigenvalue weighted by Gasteiger charge is -2.12. The fourth-order valence-corrected chi connectivity index (χ4v) is 4.29. The number of nitrogens with one attached hydrogen (secondary N) is 1. The van der Waals surface area contributed by atoms with Gasteiger partial charge in [0.2, 0.25) is 0 Å². The van der Waals surface area contributed by atoms with Crippen LogP contribution in [0.5, 0.6) is 0 Å². The minimum Gasteiger partial charge on any atom is -0.278 e. The topological polar surface area (TPSA) is 46.2 Å². The molecule has 1 N–H and O–H groups in total. The summed E-state index contributed by atoms with van der Waals surface area (Å²) in [6.07, 6.45) is 1.91. The van der Waals surface area contributed by atoms with Crippen molar-refractivity contribution in [3.63, 3.8) is 0 Å². The van der Waals surface area contributed by atoms with Gasteiger partial charge >= 0.3 is 0 Å². The Bertz CT molecular complexity index is 687. The second-order valence-corrected chi connectivity index (χ2v) is 7.09. The summed E-state index contributed by atoms with van der Waals surface area (Å²) in [5, 5.41) is 0. The van der Waals surface area contributed by atoms with E-state index in [9.17, 15) is 8.42 Å². The summed E-state index contributed by atoms with van der Waals surface area (Å²) in [6, 6.07) is 14.0. The maximum absolute atomic E-state index is 12.3. The van der Waals surface area contributed by atoms with E-state index < -0.39 is 10.0 Å². The first-order valence-electron chi connectivity index (χ1n) is 5.45. The van der Waals surface area contributed by atoms with Gasteiger partial charge in [0.05, 0.1) is 5.69 Å². The summed E-state index contributed by atoms with van der Waals surface area (Å²) >= 11 is 4.75. The lowest BCUT2D eigenvalue weighted by Crippen LogP contribution is -2.14. The molecule has 0 aromatic heterocycles. The number of halogens is 1. The van der Waals surface area contributed by atoms with E-state index in [1.807, 2.05) is 18.4 Å². The molecule has 0 aliphatic rings. The predicted molar refractivity (Wildman–Crippen MR) is 83.2 cm³/mol. The van der Waals surface area contributed by atoms with Crippen LogP contribution in [0.15, 0.2) is 62.8 Å². The third kappa shape index (κ3) is 3.32. The van der Waals surface area contributed by atoms with Crippen molar-refractivity contribution in [2.24, 2.45) is 0 Å². The lowest BCUT2D eigenvalue weighted by molar-refractivity contribution is 0.600. The van der Waals surface area contributed by atoms with Crippen LogP contribution in [0, 0.1) is 0 Å². The number of para-hydroxylation sites is 1. The Hall–Kier alpha value is -0.980. The van der Waals surface area contributed by atoms with Gasteiger partial charge in [0.1, 0.15) is 4.90 Å². The Kier molecular flexibility index (Phi) is 4.54. The van der Waals surface area contributed by atoms with Gasteiger partial charge in [-0.2, -0.15) is 0 Å². The molecule has 3 nitrogen and oxygen atoms in total. The zero-order chi connectivity index (χ0) is 13.9. The molecule has 0 radical (unpaired) electrons. The summed E-state index contributed by atoms with van der Waals surface area (Å²) in [7, 11) is -3.59. The number of benzene rings is 2. The van der Waals surface area contributed by atoms with Crippen LogP contribution in [0.1, 0.15) is 0 Å². The predicted octanol–water partition coefficient (Wildman–Crippen LogP) is 3.97. The number of anilines is 1. The summed E-state index contributed by atoms with van der Waals surface area (Å²) in [4.78, 5) is 1.11. The number of thioether (sulfide) groups is 1. The summed E-state index contributed by atoms with van der Waals surface area (Å²) < 4.78 is 27.8. The van der Waals surface area contributed by atoms with Crippen LogP contribution >= 0.6 is 27.7 Å². The number of sulfonamides is 1. The molecule has 0 spiro atoms. The Balaban J connectivity index is 2.40. The highest BCUT2D eigenvalue weighted by Gasteiger charge is 2.18. The minimum absolute atomic E-state index is 0.228. The van der Waals surface area contributed by atoms with Crippen molar-refractivity contribution in [2.45, 2.75) is 9.79 Å². The van der Waals surface area contributed by atoms with Crippen LogP contribution in [0.4, 0.5) is 5.69 Å². The van der Waals surface area contributed by atoms with Gasteiger partial charge in [0, 0.05) is 9.37 Å². The fourth-order valence-electron chi connectivity index (χ4n) is 1.59. The summed E-state index contributed by atoms with van der Waals surface area (Å²) in [6.45, 7) is 0. The molecule has 6 heteroatoms. The van der Waals surface area contributed by atoms with E-state index in [0.29, 0.717) is 10.2 Å². The second kappa shape index (κ2) is 5.98. The van der Waals surface area contributed by atoms with E-state index in [4.69, 9.17) is 0 Å². The Labute approximate surface area is 125 Å². The molecule has 2 aromatic rings. The van der Waals surface area contributed by atoms with Gasteiger partial charge in [-0.1, -0.05) is 24.3 Å². The SMILES string of the molecule is CSc1ccccc1NS(=O)(=O)c1ccccc1Br. The second-order valence-electron chi connectivity index (χ2n) is 3.74. The van der Waals surface area contributed by atoms with Crippen LogP contribution in [0.25, 0.3) is 0 Å². The molecular weight excluding hydrogens is 346 g/mol. The van der Waals surface area contributed by atoms with Crippen molar-refractivity contribution in [2.75, 3.05) is 11.0 Å². The highest BCUT2D eigenvalue weighted by Crippen LogP contribution is 2.29. The van der Waals surface area contributed by atoms with Crippen molar-refractivity contribution >= 4 is 43.4 Å². The molecule has 100 valence electrons. The van der Waals surface area contributed by atoms with Gasteiger partial charge in [-0.25, -0.2) is 8.42 Å². The molecule has 0 unspecified atom stereocenters. The van der Waals surface area contributed by atoms with Gasteiger partial charge in [-0.15, -0.1) is 11.8 Å². The molecule has 0 saturated carbocycles.